The predicted molar refractivity (Wildman–Crippen MR) is 95.4 cm³/mol. The number of carbonyl (C=O) groups is 1. The van der Waals surface area contributed by atoms with Crippen LogP contribution in [0.25, 0.3) is 11.0 Å². The maximum atomic E-state index is 12.2. The first-order chi connectivity index (χ1) is 12.7. The van der Waals surface area contributed by atoms with Gasteiger partial charge in [-0.15, -0.1) is 0 Å². The van der Waals surface area contributed by atoms with Gasteiger partial charge in [-0.05, 0) is 17.2 Å². The van der Waals surface area contributed by atoms with Crippen molar-refractivity contribution in [1.29, 1.82) is 0 Å². The third kappa shape index (κ3) is 2.90. The highest BCUT2D eigenvalue weighted by Crippen LogP contribution is 2.33. The monoisotopic (exact) mass is 352 g/mol. The molecule has 4 rings (SSSR count). The number of rotatable bonds is 4. The molecule has 3 heterocycles. The fourth-order valence-corrected chi connectivity index (χ4v) is 3.30. The summed E-state index contributed by atoms with van der Waals surface area (Å²) in [7, 11) is 1.84. The third-order valence-corrected chi connectivity index (χ3v) is 4.74. The van der Waals surface area contributed by atoms with Gasteiger partial charge in [-0.3, -0.25) is 4.68 Å². The Kier molecular flexibility index (Phi) is 4.30. The number of aryl methyl sites for hydroxylation is 1. The highest BCUT2D eigenvalue weighted by atomic mass is 16.6. The number of amides is 1. The highest BCUT2D eigenvalue weighted by molar-refractivity contribution is 5.83. The lowest BCUT2D eigenvalue weighted by molar-refractivity contribution is 0.0658. The number of likely N-dealkylation sites (tertiary alicyclic amines) is 1. The summed E-state index contributed by atoms with van der Waals surface area (Å²) in [5.74, 6) is 0.123. The lowest BCUT2D eigenvalue weighted by Gasteiger charge is -2.37. The summed E-state index contributed by atoms with van der Waals surface area (Å²) >= 11 is 0. The Balaban J connectivity index is 1.43. The molecule has 0 atom stereocenters. The van der Waals surface area contributed by atoms with Crippen LogP contribution in [-0.2, 0) is 25.0 Å². The van der Waals surface area contributed by atoms with Crippen LogP contribution in [0.3, 0.4) is 0 Å². The van der Waals surface area contributed by atoms with Crippen molar-refractivity contribution in [2.45, 2.75) is 19.1 Å². The zero-order chi connectivity index (χ0) is 18.1. The first-order valence-electron chi connectivity index (χ1n) is 8.54. The van der Waals surface area contributed by atoms with E-state index >= 15 is 0 Å². The molecule has 0 aliphatic carbocycles. The maximum Gasteiger partial charge on any atom is 0.410 e. The normalized spacial score (nSPS) is 14.5. The molecule has 134 valence electrons. The van der Waals surface area contributed by atoms with Gasteiger partial charge in [-0.25, -0.2) is 9.78 Å². The van der Waals surface area contributed by atoms with Crippen LogP contribution in [0.2, 0.25) is 0 Å². The summed E-state index contributed by atoms with van der Waals surface area (Å²) < 4.78 is 7.09. The van der Waals surface area contributed by atoms with Crippen molar-refractivity contribution in [3.63, 3.8) is 0 Å². The van der Waals surface area contributed by atoms with Gasteiger partial charge in [0, 0.05) is 37.6 Å². The van der Waals surface area contributed by atoms with Crippen LogP contribution < -0.4 is 0 Å². The topological polar surface area (TPSA) is 80.5 Å². The van der Waals surface area contributed by atoms with E-state index < -0.39 is 0 Å². The van der Waals surface area contributed by atoms with E-state index in [0.29, 0.717) is 13.1 Å². The van der Waals surface area contributed by atoms with Gasteiger partial charge in [0.25, 0.3) is 0 Å². The van der Waals surface area contributed by atoms with Gasteiger partial charge >= 0.3 is 6.09 Å². The largest absolute Gasteiger partial charge is 0.445 e. The molecule has 1 N–H and O–H groups in total. The summed E-state index contributed by atoms with van der Waals surface area (Å²) in [6, 6.07) is 11.4. The molecule has 7 nitrogen and oxygen atoms in total. The Morgan fingerprint density at radius 2 is 2.04 bits per heavy atom. The molecule has 7 heteroatoms. The standard InChI is InChI=1S/C19H20N4O3/c1-22-18-16(14(11-24)7-8-20-18)17(21-22)15-9-23(10-15)19(25)26-12-13-5-3-2-4-6-13/h2-8,15,24H,9-12H2,1H3. The molecule has 2 aromatic heterocycles. The van der Waals surface area contributed by atoms with Crippen molar-refractivity contribution in [2.24, 2.45) is 7.05 Å². The third-order valence-electron chi connectivity index (χ3n) is 4.74. The van der Waals surface area contributed by atoms with E-state index in [1.165, 1.54) is 0 Å². The number of aliphatic hydroxyl groups is 1. The molecule has 3 aromatic rings. The van der Waals surface area contributed by atoms with Crippen LogP contribution in [0.15, 0.2) is 42.6 Å². The van der Waals surface area contributed by atoms with Gasteiger partial charge < -0.3 is 14.7 Å². The number of benzene rings is 1. The highest BCUT2D eigenvalue weighted by Gasteiger charge is 2.36. The molecular weight excluding hydrogens is 332 g/mol. The van der Waals surface area contributed by atoms with Crippen LogP contribution >= 0.6 is 0 Å². The van der Waals surface area contributed by atoms with Crippen molar-refractivity contribution in [3.8, 4) is 0 Å². The van der Waals surface area contributed by atoms with Gasteiger partial charge in [0.15, 0.2) is 5.65 Å². The van der Waals surface area contributed by atoms with E-state index in [2.05, 4.69) is 10.1 Å². The lowest BCUT2D eigenvalue weighted by atomic mass is 9.93. The number of carbonyl (C=O) groups excluding carboxylic acids is 1. The Hall–Kier alpha value is -2.93. The molecule has 1 amide bonds. The summed E-state index contributed by atoms with van der Waals surface area (Å²) in [5, 5.41) is 15.1. The Labute approximate surface area is 150 Å². The second-order valence-electron chi connectivity index (χ2n) is 6.48. The summed E-state index contributed by atoms with van der Waals surface area (Å²) in [4.78, 5) is 18.2. The SMILES string of the molecule is Cn1nc(C2CN(C(=O)OCc3ccccc3)C2)c2c(CO)ccnc21. The minimum Gasteiger partial charge on any atom is -0.445 e. The van der Waals surface area contributed by atoms with E-state index in [0.717, 1.165) is 27.9 Å². The van der Waals surface area contributed by atoms with Crippen LogP contribution in [0.1, 0.15) is 22.7 Å². The number of pyridine rings is 1. The molecule has 1 saturated heterocycles. The van der Waals surface area contributed by atoms with Gasteiger partial charge in [0.2, 0.25) is 0 Å². The number of aromatic nitrogens is 3. The van der Waals surface area contributed by atoms with E-state index in [1.807, 2.05) is 37.4 Å². The zero-order valence-corrected chi connectivity index (χ0v) is 14.5. The molecule has 1 aromatic carbocycles. The molecule has 0 radical (unpaired) electrons. The number of aliphatic hydroxyl groups excluding tert-OH is 1. The summed E-state index contributed by atoms with van der Waals surface area (Å²) in [6.45, 7) is 1.32. The van der Waals surface area contributed by atoms with Crippen LogP contribution in [0.4, 0.5) is 4.79 Å². The molecule has 0 spiro atoms. The molecular formula is C19H20N4O3. The number of hydrogen-bond acceptors (Lipinski definition) is 5. The molecule has 0 bridgehead atoms. The van der Waals surface area contributed by atoms with Gasteiger partial charge in [0.1, 0.15) is 6.61 Å². The van der Waals surface area contributed by atoms with E-state index in [9.17, 15) is 9.90 Å². The van der Waals surface area contributed by atoms with Gasteiger partial charge in [-0.2, -0.15) is 5.10 Å². The van der Waals surface area contributed by atoms with Crippen molar-refractivity contribution < 1.29 is 14.6 Å². The average Bonchev–Trinajstić information content (AvgIpc) is 2.96. The van der Waals surface area contributed by atoms with Crippen LogP contribution in [0, 0.1) is 0 Å². The molecule has 1 aliphatic heterocycles. The molecule has 0 unspecified atom stereocenters. The number of ether oxygens (including phenoxy) is 1. The summed E-state index contributed by atoms with van der Waals surface area (Å²) in [6.07, 6.45) is 1.36. The minimum atomic E-state index is -0.314. The number of fused-ring (bicyclic) bond motifs is 1. The lowest BCUT2D eigenvalue weighted by Crippen LogP contribution is -2.48. The molecule has 0 saturated carbocycles. The fraction of sp³-hybridized carbons (Fsp3) is 0.316. The second kappa shape index (κ2) is 6.76. The van der Waals surface area contributed by atoms with Crippen molar-refractivity contribution in [2.75, 3.05) is 13.1 Å². The van der Waals surface area contributed by atoms with Crippen molar-refractivity contribution in [3.05, 3.63) is 59.4 Å². The average molecular weight is 352 g/mol. The van der Waals surface area contributed by atoms with Gasteiger partial charge in [-0.1, -0.05) is 30.3 Å². The smallest absolute Gasteiger partial charge is 0.410 e. The quantitative estimate of drug-likeness (QED) is 0.778. The van der Waals surface area contributed by atoms with Gasteiger partial charge in [0.05, 0.1) is 12.3 Å². The summed E-state index contributed by atoms with van der Waals surface area (Å²) in [5.41, 5.74) is 3.40. The Morgan fingerprint density at radius 3 is 2.77 bits per heavy atom. The zero-order valence-electron chi connectivity index (χ0n) is 14.5. The second-order valence-corrected chi connectivity index (χ2v) is 6.48. The van der Waals surface area contributed by atoms with Crippen molar-refractivity contribution in [1.82, 2.24) is 19.7 Å². The van der Waals surface area contributed by atoms with E-state index in [4.69, 9.17) is 4.74 Å². The van der Waals surface area contributed by atoms with Crippen LogP contribution in [0.5, 0.6) is 0 Å². The van der Waals surface area contributed by atoms with Crippen LogP contribution in [-0.4, -0.2) is 44.0 Å². The first kappa shape index (κ1) is 16.5. The first-order valence-corrected chi connectivity index (χ1v) is 8.54. The molecule has 1 aliphatic rings. The Morgan fingerprint density at radius 1 is 1.27 bits per heavy atom. The maximum absolute atomic E-state index is 12.2. The van der Waals surface area contributed by atoms with Crippen molar-refractivity contribution >= 4 is 17.1 Å². The number of hydrogen-bond donors (Lipinski definition) is 1. The molecule has 1 fully saturated rings. The number of nitrogens with zero attached hydrogens (tertiary/aromatic N) is 4. The van der Waals surface area contributed by atoms with E-state index in [1.54, 1.807) is 21.8 Å². The Bertz CT molecular complexity index is 933. The van der Waals surface area contributed by atoms with E-state index in [-0.39, 0.29) is 25.2 Å². The predicted octanol–water partition coefficient (Wildman–Crippen LogP) is 2.20. The minimum absolute atomic E-state index is 0.0622. The molecule has 26 heavy (non-hydrogen) atoms. The fourth-order valence-electron chi connectivity index (χ4n) is 3.30.